The minimum Gasteiger partial charge on any atom is -0.480 e. The summed E-state index contributed by atoms with van der Waals surface area (Å²) in [5.41, 5.74) is -0.257. The van der Waals surface area contributed by atoms with Crippen molar-refractivity contribution in [2.24, 2.45) is 0 Å². The van der Waals surface area contributed by atoms with Crippen molar-refractivity contribution in [3.8, 4) is 0 Å². The zero-order chi connectivity index (χ0) is 13.3. The van der Waals surface area contributed by atoms with Crippen LogP contribution in [0, 0.1) is 10.1 Å². The van der Waals surface area contributed by atoms with Crippen molar-refractivity contribution < 1.29 is 14.8 Å². The Morgan fingerprint density at radius 3 is 2.63 bits per heavy atom. The Balaban J connectivity index is 0.00000180. The molecule has 0 spiro atoms. The van der Waals surface area contributed by atoms with Gasteiger partial charge in [-0.05, 0) is 6.07 Å². The third kappa shape index (κ3) is 3.19. The summed E-state index contributed by atoms with van der Waals surface area (Å²) in [7, 11) is 0. The van der Waals surface area contributed by atoms with Crippen molar-refractivity contribution in [2.45, 2.75) is 6.54 Å². The van der Waals surface area contributed by atoms with Crippen LogP contribution in [0.1, 0.15) is 0 Å². The number of non-ortho nitro benzene ring substituents is 1. The molecule has 0 aliphatic carbocycles. The summed E-state index contributed by atoms with van der Waals surface area (Å²) in [4.78, 5) is 32.3. The molecule has 2 aromatic rings. The first-order chi connectivity index (χ1) is 8.49. The number of pyridine rings is 1. The molecule has 1 aromatic carbocycles. The SMILES string of the molecule is O=C(O)Cn1ccc(=O)c2ccc([N+](=O)[O-])cc21.[Na]. The maximum absolute atomic E-state index is 11.6. The maximum Gasteiger partial charge on any atom is 0.323 e. The van der Waals surface area contributed by atoms with E-state index in [0.29, 0.717) is 0 Å². The fraction of sp³-hybridized carbons (Fsp3) is 0.0909. The quantitative estimate of drug-likeness (QED) is 0.500. The van der Waals surface area contributed by atoms with Crippen molar-refractivity contribution in [3.63, 3.8) is 0 Å². The molecular formula is C11H8N2NaO5. The van der Waals surface area contributed by atoms with Crippen LogP contribution in [0.2, 0.25) is 0 Å². The Bertz CT molecular complexity index is 710. The smallest absolute Gasteiger partial charge is 0.323 e. The van der Waals surface area contributed by atoms with Crippen molar-refractivity contribution in [2.75, 3.05) is 0 Å². The van der Waals surface area contributed by atoms with Gasteiger partial charge in [-0.1, -0.05) is 0 Å². The van der Waals surface area contributed by atoms with Crippen LogP contribution in [0.4, 0.5) is 5.69 Å². The average molecular weight is 271 g/mol. The number of rotatable bonds is 3. The molecule has 1 radical (unpaired) electrons. The third-order valence-corrected chi connectivity index (χ3v) is 2.48. The predicted molar refractivity (Wildman–Crippen MR) is 68.3 cm³/mol. The van der Waals surface area contributed by atoms with E-state index in [2.05, 4.69) is 0 Å². The van der Waals surface area contributed by atoms with Crippen LogP contribution >= 0.6 is 0 Å². The summed E-state index contributed by atoms with van der Waals surface area (Å²) in [6, 6.07) is 4.97. The van der Waals surface area contributed by atoms with Crippen LogP contribution in [0.25, 0.3) is 10.9 Å². The molecule has 8 heteroatoms. The number of hydrogen-bond acceptors (Lipinski definition) is 4. The van der Waals surface area contributed by atoms with E-state index in [-0.39, 0.29) is 58.1 Å². The van der Waals surface area contributed by atoms with Crippen LogP contribution in [0.15, 0.2) is 35.3 Å². The van der Waals surface area contributed by atoms with Gasteiger partial charge in [0, 0.05) is 59.3 Å². The Kier molecular flexibility index (Phi) is 4.82. The van der Waals surface area contributed by atoms with E-state index in [1.165, 1.54) is 35.0 Å². The van der Waals surface area contributed by atoms with E-state index in [0.717, 1.165) is 0 Å². The summed E-state index contributed by atoms with van der Waals surface area (Å²) in [5, 5.41) is 19.7. The molecule has 1 heterocycles. The van der Waals surface area contributed by atoms with E-state index < -0.39 is 10.9 Å². The second-order valence-electron chi connectivity index (χ2n) is 3.66. The molecule has 1 aromatic heterocycles. The first-order valence-electron chi connectivity index (χ1n) is 4.98. The normalized spacial score (nSPS) is 9.89. The number of aromatic nitrogens is 1. The number of hydrogen-bond donors (Lipinski definition) is 1. The molecule has 0 saturated carbocycles. The van der Waals surface area contributed by atoms with Crippen LogP contribution in [0.3, 0.4) is 0 Å². The fourth-order valence-corrected chi connectivity index (χ4v) is 1.69. The van der Waals surface area contributed by atoms with Crippen molar-refractivity contribution >= 4 is 52.1 Å². The first kappa shape index (κ1) is 15.4. The van der Waals surface area contributed by atoms with E-state index in [1.54, 1.807) is 0 Å². The molecule has 0 amide bonds. The fourth-order valence-electron chi connectivity index (χ4n) is 1.69. The topological polar surface area (TPSA) is 102 Å². The van der Waals surface area contributed by atoms with Gasteiger partial charge in [-0.15, -0.1) is 0 Å². The number of carboxylic acid groups (broad SMARTS) is 1. The van der Waals surface area contributed by atoms with E-state index in [9.17, 15) is 19.7 Å². The van der Waals surface area contributed by atoms with Crippen molar-refractivity contribution in [1.29, 1.82) is 0 Å². The van der Waals surface area contributed by atoms with Crippen molar-refractivity contribution in [3.05, 3.63) is 50.8 Å². The van der Waals surface area contributed by atoms with Gasteiger partial charge in [0.05, 0.1) is 10.4 Å². The molecule has 0 unspecified atom stereocenters. The molecule has 0 saturated heterocycles. The number of nitro groups is 1. The monoisotopic (exact) mass is 271 g/mol. The molecule has 93 valence electrons. The third-order valence-electron chi connectivity index (χ3n) is 2.48. The summed E-state index contributed by atoms with van der Waals surface area (Å²) in [6.45, 7) is -0.363. The summed E-state index contributed by atoms with van der Waals surface area (Å²) < 4.78 is 1.28. The van der Waals surface area contributed by atoms with Gasteiger partial charge < -0.3 is 9.67 Å². The minimum absolute atomic E-state index is 0. The number of carbonyl (C=O) groups is 1. The van der Waals surface area contributed by atoms with Gasteiger partial charge in [0.25, 0.3) is 5.69 Å². The molecule has 0 fully saturated rings. The van der Waals surface area contributed by atoms with Gasteiger partial charge in [-0.25, -0.2) is 0 Å². The van der Waals surface area contributed by atoms with Crippen LogP contribution in [-0.2, 0) is 11.3 Å². The molecule has 1 N–H and O–H groups in total. The second kappa shape index (κ2) is 5.96. The van der Waals surface area contributed by atoms with Crippen LogP contribution in [0.5, 0.6) is 0 Å². The van der Waals surface area contributed by atoms with E-state index >= 15 is 0 Å². The standard InChI is InChI=1S/C11H8N2O5.Na/c14-10-3-4-12(6-11(15)16)9-5-7(13(17)18)1-2-8(9)10;/h1-5H,6H2,(H,15,16);. The molecule has 0 aliphatic heterocycles. The Labute approximate surface area is 128 Å². The van der Waals surface area contributed by atoms with Gasteiger partial charge in [0.15, 0.2) is 5.43 Å². The van der Waals surface area contributed by atoms with Crippen LogP contribution < -0.4 is 5.43 Å². The zero-order valence-corrected chi connectivity index (χ0v) is 12.1. The van der Waals surface area contributed by atoms with Gasteiger partial charge in [0.1, 0.15) is 6.54 Å². The summed E-state index contributed by atoms with van der Waals surface area (Å²) in [5.74, 6) is -1.09. The average Bonchev–Trinajstić information content (AvgIpc) is 2.32. The maximum atomic E-state index is 11.6. The molecule has 7 nitrogen and oxygen atoms in total. The van der Waals surface area contributed by atoms with Gasteiger partial charge >= 0.3 is 5.97 Å². The predicted octanol–water partition coefficient (Wildman–Crippen LogP) is 0.614. The number of carboxylic acids is 1. The molecule has 0 bridgehead atoms. The number of nitro benzene ring substituents is 1. The molecule has 0 atom stereocenters. The van der Waals surface area contributed by atoms with Gasteiger partial charge in [-0.3, -0.25) is 19.7 Å². The van der Waals surface area contributed by atoms with Gasteiger partial charge in [-0.2, -0.15) is 0 Å². The Hall–Kier alpha value is -1.70. The molecule has 0 aliphatic rings. The molecular weight excluding hydrogens is 263 g/mol. The molecule has 19 heavy (non-hydrogen) atoms. The summed E-state index contributed by atoms with van der Waals surface area (Å²) >= 11 is 0. The Morgan fingerprint density at radius 2 is 2.05 bits per heavy atom. The number of aliphatic carboxylic acids is 1. The van der Waals surface area contributed by atoms with Gasteiger partial charge in [0.2, 0.25) is 0 Å². The number of benzene rings is 1. The van der Waals surface area contributed by atoms with E-state index in [1.807, 2.05) is 0 Å². The second-order valence-corrected chi connectivity index (χ2v) is 3.66. The first-order valence-corrected chi connectivity index (χ1v) is 4.98. The molecule has 2 rings (SSSR count). The van der Waals surface area contributed by atoms with Crippen LogP contribution in [-0.4, -0.2) is 50.1 Å². The van der Waals surface area contributed by atoms with Crippen molar-refractivity contribution in [1.82, 2.24) is 4.57 Å². The van der Waals surface area contributed by atoms with E-state index in [4.69, 9.17) is 5.11 Å². The zero-order valence-electron chi connectivity index (χ0n) is 10.1. The summed E-state index contributed by atoms with van der Waals surface area (Å²) in [6.07, 6.45) is 1.31. The largest absolute Gasteiger partial charge is 0.480 e. The minimum atomic E-state index is -1.09. The Morgan fingerprint density at radius 1 is 1.37 bits per heavy atom. The number of nitrogens with zero attached hydrogens (tertiary/aromatic N) is 2. The number of fused-ring (bicyclic) bond motifs is 1.